The van der Waals surface area contributed by atoms with E-state index >= 15 is 0 Å². The van der Waals surface area contributed by atoms with Crippen LogP contribution in [0.15, 0.2) is 24.3 Å². The van der Waals surface area contributed by atoms with E-state index in [2.05, 4.69) is 10.3 Å². The van der Waals surface area contributed by atoms with E-state index in [4.69, 9.17) is 15.2 Å². The van der Waals surface area contributed by atoms with Gasteiger partial charge < -0.3 is 20.5 Å². The van der Waals surface area contributed by atoms with E-state index in [9.17, 15) is 4.79 Å². The maximum absolute atomic E-state index is 11.6. The maximum Gasteiger partial charge on any atom is 0.227 e. The van der Waals surface area contributed by atoms with Crippen LogP contribution in [-0.4, -0.2) is 31.3 Å². The zero-order valence-electron chi connectivity index (χ0n) is 12.6. The number of carbonyl (C=O) groups excluding carboxylic acids is 1. The molecule has 0 fully saturated rings. The van der Waals surface area contributed by atoms with Gasteiger partial charge >= 0.3 is 0 Å². The van der Waals surface area contributed by atoms with Crippen molar-refractivity contribution < 1.29 is 14.3 Å². The number of anilines is 1. The summed E-state index contributed by atoms with van der Waals surface area (Å²) in [5.41, 5.74) is 7.18. The Kier molecular flexibility index (Phi) is 5.88. The van der Waals surface area contributed by atoms with Gasteiger partial charge in [0.25, 0.3) is 0 Å². The van der Waals surface area contributed by atoms with Crippen LogP contribution >= 0.6 is 11.3 Å². The molecule has 1 amide bonds. The van der Waals surface area contributed by atoms with E-state index in [0.717, 1.165) is 21.9 Å². The Morgan fingerprint density at radius 2 is 2.09 bits per heavy atom. The van der Waals surface area contributed by atoms with Gasteiger partial charge in [0.2, 0.25) is 5.91 Å². The Balaban J connectivity index is 2.11. The highest BCUT2D eigenvalue weighted by Crippen LogP contribution is 2.31. The molecule has 0 aliphatic rings. The lowest BCUT2D eigenvalue weighted by atomic mass is 10.1. The first-order valence-electron chi connectivity index (χ1n) is 6.83. The standard InChI is InChI=1S/C15H19N3O3S/c1-10-14(18-15(22-10)17-13(19)7-8-16)11-3-5-12(6-4-11)21-9-20-2/h3-6H,7-9,16H2,1-2H3,(H,17,18,19). The Bertz CT molecular complexity index is 625. The quantitative estimate of drug-likeness (QED) is 0.765. The SMILES string of the molecule is COCOc1ccc(-c2nc(NC(=O)CCN)sc2C)cc1. The molecule has 0 saturated heterocycles. The summed E-state index contributed by atoms with van der Waals surface area (Å²) in [6.07, 6.45) is 0.291. The van der Waals surface area contributed by atoms with Gasteiger partial charge in [-0.2, -0.15) is 0 Å². The molecule has 118 valence electrons. The normalized spacial score (nSPS) is 10.5. The van der Waals surface area contributed by atoms with Gasteiger partial charge in [-0.3, -0.25) is 4.79 Å². The second kappa shape index (κ2) is 7.88. The zero-order valence-corrected chi connectivity index (χ0v) is 13.4. The van der Waals surface area contributed by atoms with E-state index in [1.807, 2.05) is 31.2 Å². The van der Waals surface area contributed by atoms with Gasteiger partial charge in [0.15, 0.2) is 11.9 Å². The summed E-state index contributed by atoms with van der Waals surface area (Å²) in [6, 6.07) is 7.58. The van der Waals surface area contributed by atoms with Crippen molar-refractivity contribution in [3.63, 3.8) is 0 Å². The molecular weight excluding hydrogens is 302 g/mol. The minimum atomic E-state index is -0.119. The Morgan fingerprint density at radius 1 is 1.36 bits per heavy atom. The van der Waals surface area contributed by atoms with Crippen molar-refractivity contribution in [2.24, 2.45) is 5.73 Å². The molecular formula is C15H19N3O3S. The summed E-state index contributed by atoms with van der Waals surface area (Å²) in [6.45, 7) is 2.51. The maximum atomic E-state index is 11.6. The number of amides is 1. The first-order valence-corrected chi connectivity index (χ1v) is 7.65. The second-order valence-electron chi connectivity index (χ2n) is 4.59. The van der Waals surface area contributed by atoms with E-state index in [0.29, 0.717) is 18.1 Å². The molecule has 1 aromatic heterocycles. The molecule has 0 spiro atoms. The summed E-state index contributed by atoms with van der Waals surface area (Å²) in [7, 11) is 1.58. The summed E-state index contributed by atoms with van der Waals surface area (Å²) in [5.74, 6) is 0.612. The molecule has 0 saturated carbocycles. The first-order chi connectivity index (χ1) is 10.6. The van der Waals surface area contributed by atoms with Crippen molar-refractivity contribution in [1.29, 1.82) is 0 Å². The number of rotatable bonds is 7. The summed E-state index contributed by atoms with van der Waals surface area (Å²) >= 11 is 1.45. The molecule has 0 bridgehead atoms. The third-order valence-corrected chi connectivity index (χ3v) is 3.77. The number of nitrogens with two attached hydrogens (primary N) is 1. The van der Waals surface area contributed by atoms with Gasteiger partial charge in [-0.25, -0.2) is 4.98 Å². The number of nitrogens with one attached hydrogen (secondary N) is 1. The van der Waals surface area contributed by atoms with Crippen LogP contribution in [0.1, 0.15) is 11.3 Å². The summed E-state index contributed by atoms with van der Waals surface area (Å²) in [4.78, 5) is 17.1. The largest absolute Gasteiger partial charge is 0.468 e. The number of aryl methyl sites for hydroxylation is 1. The molecule has 2 aromatic rings. The topological polar surface area (TPSA) is 86.5 Å². The van der Waals surface area contributed by atoms with Crippen LogP contribution in [0.5, 0.6) is 5.75 Å². The van der Waals surface area contributed by atoms with E-state index in [1.54, 1.807) is 7.11 Å². The Morgan fingerprint density at radius 3 is 2.73 bits per heavy atom. The molecule has 6 nitrogen and oxygen atoms in total. The van der Waals surface area contributed by atoms with Crippen LogP contribution in [0.4, 0.5) is 5.13 Å². The van der Waals surface area contributed by atoms with Crippen LogP contribution in [-0.2, 0) is 9.53 Å². The summed E-state index contributed by atoms with van der Waals surface area (Å²) in [5, 5.41) is 3.35. The fraction of sp³-hybridized carbons (Fsp3) is 0.333. The van der Waals surface area contributed by atoms with Crippen LogP contribution < -0.4 is 15.8 Å². The molecule has 22 heavy (non-hydrogen) atoms. The van der Waals surface area contributed by atoms with Gasteiger partial charge in [-0.05, 0) is 31.2 Å². The van der Waals surface area contributed by atoms with Crippen LogP contribution in [0, 0.1) is 6.92 Å². The van der Waals surface area contributed by atoms with Gasteiger partial charge in [-0.1, -0.05) is 0 Å². The average Bonchev–Trinajstić information content (AvgIpc) is 2.86. The number of hydrogen-bond acceptors (Lipinski definition) is 6. The van der Waals surface area contributed by atoms with Gasteiger partial charge in [0.1, 0.15) is 5.75 Å². The average molecular weight is 321 g/mol. The molecule has 0 atom stereocenters. The zero-order chi connectivity index (χ0) is 15.9. The number of aromatic nitrogens is 1. The molecule has 0 aliphatic heterocycles. The summed E-state index contributed by atoms with van der Waals surface area (Å²) < 4.78 is 10.2. The first kappa shape index (κ1) is 16.4. The highest BCUT2D eigenvalue weighted by atomic mass is 32.1. The van der Waals surface area contributed by atoms with Crippen molar-refractivity contribution >= 4 is 22.4 Å². The highest BCUT2D eigenvalue weighted by Gasteiger charge is 2.12. The number of thiazole rings is 1. The molecule has 0 unspecified atom stereocenters. The van der Waals surface area contributed by atoms with Crippen LogP contribution in [0.3, 0.4) is 0 Å². The van der Waals surface area contributed by atoms with Crippen LogP contribution in [0.25, 0.3) is 11.3 Å². The molecule has 1 heterocycles. The molecule has 0 aliphatic carbocycles. The van der Waals surface area contributed by atoms with E-state index < -0.39 is 0 Å². The monoisotopic (exact) mass is 321 g/mol. The van der Waals surface area contributed by atoms with Crippen molar-refractivity contribution in [3.05, 3.63) is 29.1 Å². The predicted molar refractivity (Wildman–Crippen MR) is 87.1 cm³/mol. The van der Waals surface area contributed by atoms with Crippen molar-refractivity contribution in [3.8, 4) is 17.0 Å². The minimum absolute atomic E-state index is 0.119. The van der Waals surface area contributed by atoms with Crippen LogP contribution in [0.2, 0.25) is 0 Å². The lowest BCUT2D eigenvalue weighted by Crippen LogP contribution is -2.15. The molecule has 0 radical (unpaired) electrons. The number of benzene rings is 1. The number of nitrogens with zero attached hydrogens (tertiary/aromatic N) is 1. The molecule has 3 N–H and O–H groups in total. The number of ether oxygens (including phenoxy) is 2. The molecule has 1 aromatic carbocycles. The minimum Gasteiger partial charge on any atom is -0.468 e. The van der Waals surface area contributed by atoms with Crippen molar-refractivity contribution in [1.82, 2.24) is 4.98 Å². The lowest BCUT2D eigenvalue weighted by molar-refractivity contribution is -0.116. The molecule has 2 rings (SSSR count). The van der Waals surface area contributed by atoms with Gasteiger partial charge in [0.05, 0.1) is 5.69 Å². The van der Waals surface area contributed by atoms with E-state index in [-0.39, 0.29) is 12.7 Å². The lowest BCUT2D eigenvalue weighted by Gasteiger charge is -2.05. The van der Waals surface area contributed by atoms with Gasteiger partial charge in [-0.15, -0.1) is 11.3 Å². The Labute approximate surface area is 133 Å². The molecule has 7 heteroatoms. The fourth-order valence-electron chi connectivity index (χ4n) is 1.87. The fourth-order valence-corrected chi connectivity index (χ4v) is 2.72. The van der Waals surface area contributed by atoms with E-state index in [1.165, 1.54) is 11.3 Å². The number of hydrogen-bond donors (Lipinski definition) is 2. The van der Waals surface area contributed by atoms with Gasteiger partial charge in [0, 0.05) is 30.5 Å². The smallest absolute Gasteiger partial charge is 0.227 e. The predicted octanol–water partition coefficient (Wildman–Crippen LogP) is 2.39. The third-order valence-electron chi connectivity index (χ3n) is 2.89. The highest BCUT2D eigenvalue weighted by molar-refractivity contribution is 7.16. The van der Waals surface area contributed by atoms with Crippen molar-refractivity contribution in [2.45, 2.75) is 13.3 Å². The van der Waals surface area contributed by atoms with Crippen molar-refractivity contribution in [2.75, 3.05) is 25.8 Å². The Hall–Kier alpha value is -1.96. The number of carbonyl (C=O) groups is 1. The number of methoxy groups -OCH3 is 1. The third kappa shape index (κ3) is 4.27. The second-order valence-corrected chi connectivity index (χ2v) is 5.79.